The topological polar surface area (TPSA) is 54.2 Å². The van der Waals surface area contributed by atoms with Gasteiger partial charge in [0.1, 0.15) is 25.0 Å². The van der Waals surface area contributed by atoms with Crippen LogP contribution in [0.3, 0.4) is 0 Å². The molecule has 0 amide bonds. The molecule has 138 valence electrons. The highest BCUT2D eigenvalue weighted by Crippen LogP contribution is 2.15. The van der Waals surface area contributed by atoms with E-state index in [1.807, 2.05) is 54.6 Å². The maximum absolute atomic E-state index is 11.4. The summed E-state index contributed by atoms with van der Waals surface area (Å²) in [4.78, 5) is 15.1. The first-order chi connectivity index (χ1) is 12.6. The van der Waals surface area contributed by atoms with Crippen molar-refractivity contribution in [1.29, 1.82) is 0 Å². The van der Waals surface area contributed by atoms with E-state index in [1.54, 1.807) is 6.92 Å². The molecule has 0 aliphatic carbocycles. The van der Waals surface area contributed by atoms with Crippen molar-refractivity contribution in [3.05, 3.63) is 60.2 Å². The Morgan fingerprint density at radius 3 is 2.38 bits per heavy atom. The lowest BCUT2D eigenvalue weighted by molar-refractivity contribution is -0.903. The minimum Gasteiger partial charge on any atom is -0.491 e. The van der Waals surface area contributed by atoms with Crippen molar-refractivity contribution in [3.8, 4) is 5.75 Å². The van der Waals surface area contributed by atoms with Gasteiger partial charge in [-0.3, -0.25) is 4.79 Å². The van der Waals surface area contributed by atoms with E-state index in [9.17, 15) is 9.90 Å². The van der Waals surface area contributed by atoms with Gasteiger partial charge in [-0.25, -0.2) is 0 Å². The molecule has 0 aromatic heterocycles. The molecule has 5 nitrogen and oxygen atoms in total. The van der Waals surface area contributed by atoms with Crippen molar-refractivity contribution in [2.75, 3.05) is 44.2 Å². The smallest absolute Gasteiger partial charge is 0.159 e. The number of quaternary nitrogens is 1. The monoisotopic (exact) mass is 355 g/mol. The van der Waals surface area contributed by atoms with E-state index in [1.165, 1.54) is 4.90 Å². The van der Waals surface area contributed by atoms with E-state index in [4.69, 9.17) is 4.74 Å². The predicted octanol–water partition coefficient (Wildman–Crippen LogP) is 1.03. The predicted molar refractivity (Wildman–Crippen MR) is 102 cm³/mol. The van der Waals surface area contributed by atoms with Crippen LogP contribution in [-0.2, 0) is 0 Å². The van der Waals surface area contributed by atoms with Crippen LogP contribution in [0.4, 0.5) is 5.69 Å². The van der Waals surface area contributed by atoms with Crippen molar-refractivity contribution in [2.45, 2.75) is 13.0 Å². The molecule has 1 fully saturated rings. The van der Waals surface area contributed by atoms with Gasteiger partial charge in [0.15, 0.2) is 5.78 Å². The molecular weight excluding hydrogens is 328 g/mol. The summed E-state index contributed by atoms with van der Waals surface area (Å²) < 4.78 is 5.63. The number of anilines is 1. The molecule has 1 saturated heterocycles. The Hall–Kier alpha value is -2.37. The summed E-state index contributed by atoms with van der Waals surface area (Å²) in [7, 11) is 0. The van der Waals surface area contributed by atoms with Crippen molar-refractivity contribution in [2.24, 2.45) is 0 Å². The first kappa shape index (κ1) is 18.4. The number of hydrogen-bond acceptors (Lipinski definition) is 4. The summed E-state index contributed by atoms with van der Waals surface area (Å²) in [5.74, 6) is 0.887. The van der Waals surface area contributed by atoms with Crippen molar-refractivity contribution in [3.63, 3.8) is 0 Å². The van der Waals surface area contributed by atoms with Gasteiger partial charge < -0.3 is 19.6 Å². The standard InChI is InChI=1S/C21H26N2O3/c1-17(24)18-7-9-19(10-8-18)23-13-11-22(12-14-23)15-20(25)16-26-21-5-3-2-4-6-21/h2-10,20,25H,11-16H2,1H3/p+1/t20-/m1/s1. The quantitative estimate of drug-likeness (QED) is 0.729. The summed E-state index contributed by atoms with van der Waals surface area (Å²) in [6, 6.07) is 17.4. The molecule has 1 heterocycles. The summed E-state index contributed by atoms with van der Waals surface area (Å²) in [5, 5.41) is 10.2. The lowest BCUT2D eigenvalue weighted by Gasteiger charge is -2.34. The van der Waals surface area contributed by atoms with Crippen LogP contribution < -0.4 is 14.5 Å². The highest BCUT2D eigenvalue weighted by Gasteiger charge is 2.23. The van der Waals surface area contributed by atoms with Crippen LogP contribution in [0.5, 0.6) is 5.75 Å². The molecule has 1 aliphatic rings. The average Bonchev–Trinajstić information content (AvgIpc) is 2.68. The van der Waals surface area contributed by atoms with Crippen LogP contribution in [0.25, 0.3) is 0 Å². The summed E-state index contributed by atoms with van der Waals surface area (Å²) in [6.45, 7) is 6.47. The van der Waals surface area contributed by atoms with Crippen LogP contribution in [-0.4, -0.2) is 56.3 Å². The zero-order valence-corrected chi connectivity index (χ0v) is 15.2. The number of carbonyl (C=O) groups is 1. The molecular formula is C21H27N2O3+. The summed E-state index contributed by atoms with van der Waals surface area (Å²) in [6.07, 6.45) is -0.466. The van der Waals surface area contributed by atoms with Crippen LogP contribution in [0.15, 0.2) is 54.6 Å². The number of ketones is 1. The number of aliphatic hydroxyl groups excluding tert-OH is 1. The van der Waals surface area contributed by atoms with Gasteiger partial charge in [0.25, 0.3) is 0 Å². The van der Waals surface area contributed by atoms with E-state index < -0.39 is 6.10 Å². The molecule has 0 saturated carbocycles. The fourth-order valence-corrected chi connectivity index (χ4v) is 3.29. The van der Waals surface area contributed by atoms with Gasteiger partial charge in [0.2, 0.25) is 0 Å². The third-order valence-electron chi connectivity index (χ3n) is 4.82. The Kier molecular flexibility index (Phi) is 6.26. The number of rotatable bonds is 7. The number of Topliss-reactive ketones (excluding diaryl/α,β-unsaturated/α-hetero) is 1. The molecule has 3 rings (SSSR count). The molecule has 26 heavy (non-hydrogen) atoms. The Balaban J connectivity index is 1.42. The maximum atomic E-state index is 11.4. The number of ether oxygens (including phenoxy) is 1. The Morgan fingerprint density at radius 2 is 1.77 bits per heavy atom. The Morgan fingerprint density at radius 1 is 1.12 bits per heavy atom. The van der Waals surface area contributed by atoms with Gasteiger partial charge in [-0.2, -0.15) is 0 Å². The zero-order chi connectivity index (χ0) is 18.4. The normalized spacial score (nSPS) is 16.3. The number of piperazine rings is 1. The van der Waals surface area contributed by atoms with E-state index in [-0.39, 0.29) is 5.78 Å². The number of nitrogens with zero attached hydrogens (tertiary/aromatic N) is 1. The minimum atomic E-state index is -0.466. The fourth-order valence-electron chi connectivity index (χ4n) is 3.29. The lowest BCUT2D eigenvalue weighted by atomic mass is 10.1. The van der Waals surface area contributed by atoms with Crippen LogP contribution >= 0.6 is 0 Å². The summed E-state index contributed by atoms with van der Waals surface area (Å²) in [5.41, 5.74) is 1.90. The van der Waals surface area contributed by atoms with Gasteiger partial charge in [-0.1, -0.05) is 18.2 Å². The van der Waals surface area contributed by atoms with Crippen molar-refractivity contribution in [1.82, 2.24) is 0 Å². The lowest BCUT2D eigenvalue weighted by Crippen LogP contribution is -3.16. The molecule has 1 aliphatic heterocycles. The van der Waals surface area contributed by atoms with Crippen molar-refractivity contribution >= 4 is 11.5 Å². The average molecular weight is 355 g/mol. The largest absolute Gasteiger partial charge is 0.491 e. The number of para-hydroxylation sites is 1. The molecule has 0 radical (unpaired) electrons. The number of carbonyl (C=O) groups excluding carboxylic acids is 1. The third-order valence-corrected chi connectivity index (χ3v) is 4.82. The SMILES string of the molecule is CC(=O)c1ccc(N2CC[NH+](C[C@@H](O)COc3ccccc3)CC2)cc1. The first-order valence-electron chi connectivity index (χ1n) is 9.17. The van der Waals surface area contributed by atoms with Crippen LogP contribution in [0.2, 0.25) is 0 Å². The number of nitrogens with one attached hydrogen (secondary N) is 1. The van der Waals surface area contributed by atoms with Gasteiger partial charge in [0, 0.05) is 11.3 Å². The second-order valence-electron chi connectivity index (χ2n) is 6.82. The Labute approximate surface area is 154 Å². The van der Waals surface area contributed by atoms with E-state index >= 15 is 0 Å². The summed E-state index contributed by atoms with van der Waals surface area (Å²) >= 11 is 0. The molecule has 0 bridgehead atoms. The van der Waals surface area contributed by atoms with E-state index in [2.05, 4.69) is 4.90 Å². The Bertz CT molecular complexity index is 695. The molecule has 0 unspecified atom stereocenters. The molecule has 2 N–H and O–H groups in total. The number of aliphatic hydroxyl groups is 1. The molecule has 2 aromatic rings. The second-order valence-corrected chi connectivity index (χ2v) is 6.82. The van der Waals surface area contributed by atoms with E-state index in [0.717, 1.165) is 43.2 Å². The fraction of sp³-hybridized carbons (Fsp3) is 0.381. The van der Waals surface area contributed by atoms with Gasteiger partial charge in [-0.05, 0) is 43.3 Å². The number of benzene rings is 2. The molecule has 0 spiro atoms. The minimum absolute atomic E-state index is 0.0949. The molecule has 1 atom stereocenters. The molecule has 5 heteroatoms. The van der Waals surface area contributed by atoms with Gasteiger partial charge >= 0.3 is 0 Å². The highest BCUT2D eigenvalue weighted by molar-refractivity contribution is 5.94. The van der Waals surface area contributed by atoms with Crippen LogP contribution in [0.1, 0.15) is 17.3 Å². The van der Waals surface area contributed by atoms with Crippen molar-refractivity contribution < 1.29 is 19.5 Å². The highest BCUT2D eigenvalue weighted by atomic mass is 16.5. The van der Waals surface area contributed by atoms with Gasteiger partial charge in [-0.15, -0.1) is 0 Å². The van der Waals surface area contributed by atoms with Crippen LogP contribution in [0, 0.1) is 0 Å². The second kappa shape index (κ2) is 8.83. The van der Waals surface area contributed by atoms with Gasteiger partial charge in [0.05, 0.1) is 26.2 Å². The van der Waals surface area contributed by atoms with E-state index in [0.29, 0.717) is 13.2 Å². The third kappa shape index (κ3) is 5.07. The zero-order valence-electron chi connectivity index (χ0n) is 15.2. The maximum Gasteiger partial charge on any atom is 0.159 e. The molecule has 2 aromatic carbocycles. The number of hydrogen-bond donors (Lipinski definition) is 2. The first-order valence-corrected chi connectivity index (χ1v) is 9.17.